The van der Waals surface area contributed by atoms with Gasteiger partial charge in [-0.25, -0.2) is 4.98 Å². The highest BCUT2D eigenvalue weighted by Crippen LogP contribution is 2.30. The molecule has 4 heteroatoms. The number of carbonyl (C=O) groups excluding carboxylic acids is 1. The van der Waals surface area contributed by atoms with Gasteiger partial charge < -0.3 is 4.90 Å². The van der Waals surface area contributed by atoms with E-state index in [0.29, 0.717) is 5.92 Å². The Kier molecular flexibility index (Phi) is 4.93. The summed E-state index contributed by atoms with van der Waals surface area (Å²) in [5, 5.41) is 0.974. The smallest absolute Gasteiger partial charge is 0.186 e. The van der Waals surface area contributed by atoms with Gasteiger partial charge in [0.05, 0.1) is 10.6 Å². The molecule has 1 atom stereocenters. The second-order valence-corrected chi connectivity index (χ2v) is 4.85. The minimum atomic E-state index is 0.362. The van der Waals surface area contributed by atoms with Crippen LogP contribution >= 0.6 is 11.3 Å². The van der Waals surface area contributed by atoms with Crippen molar-refractivity contribution in [3.05, 3.63) is 10.6 Å². The number of rotatable bonds is 6. The van der Waals surface area contributed by atoms with Crippen LogP contribution in [-0.2, 0) is 0 Å². The van der Waals surface area contributed by atoms with Gasteiger partial charge in [-0.05, 0) is 26.2 Å². The molecule has 1 heterocycles. The molecule has 0 saturated carbocycles. The SMILES string of the molecule is CCC(C)c1nc(N(CC)CC)sc1C=O. The first-order chi connectivity index (χ1) is 7.67. The molecule has 0 aliphatic heterocycles. The molecule has 0 spiro atoms. The lowest BCUT2D eigenvalue weighted by Crippen LogP contribution is -2.21. The molecule has 0 bridgehead atoms. The van der Waals surface area contributed by atoms with Gasteiger partial charge in [-0.3, -0.25) is 4.79 Å². The molecular weight excluding hydrogens is 220 g/mol. The number of hydrogen-bond donors (Lipinski definition) is 0. The normalized spacial score (nSPS) is 12.5. The van der Waals surface area contributed by atoms with Crippen LogP contribution in [0.2, 0.25) is 0 Å². The molecule has 0 N–H and O–H groups in total. The van der Waals surface area contributed by atoms with Gasteiger partial charge in [0.1, 0.15) is 0 Å². The maximum absolute atomic E-state index is 11.0. The van der Waals surface area contributed by atoms with Crippen LogP contribution in [0.3, 0.4) is 0 Å². The van der Waals surface area contributed by atoms with Crippen molar-refractivity contribution in [1.82, 2.24) is 4.98 Å². The maximum atomic E-state index is 11.0. The molecule has 1 rings (SSSR count). The van der Waals surface area contributed by atoms with Gasteiger partial charge in [-0.2, -0.15) is 0 Å². The van der Waals surface area contributed by atoms with Gasteiger partial charge in [-0.15, -0.1) is 0 Å². The van der Waals surface area contributed by atoms with Crippen LogP contribution in [-0.4, -0.2) is 24.4 Å². The third kappa shape index (κ3) is 2.61. The predicted molar refractivity (Wildman–Crippen MR) is 69.8 cm³/mol. The third-order valence-electron chi connectivity index (χ3n) is 2.89. The molecule has 0 radical (unpaired) electrons. The van der Waals surface area contributed by atoms with E-state index in [1.807, 2.05) is 0 Å². The summed E-state index contributed by atoms with van der Waals surface area (Å²) in [6, 6.07) is 0. The minimum absolute atomic E-state index is 0.362. The zero-order chi connectivity index (χ0) is 12.1. The van der Waals surface area contributed by atoms with Crippen molar-refractivity contribution in [1.29, 1.82) is 0 Å². The number of aromatic nitrogens is 1. The van der Waals surface area contributed by atoms with E-state index in [9.17, 15) is 4.79 Å². The number of nitrogens with zero attached hydrogens (tertiary/aromatic N) is 2. The Hall–Kier alpha value is -0.900. The average molecular weight is 240 g/mol. The molecular formula is C12H20N2OS. The van der Waals surface area contributed by atoms with Gasteiger partial charge in [0.25, 0.3) is 0 Å². The molecule has 1 aromatic heterocycles. The van der Waals surface area contributed by atoms with Crippen molar-refractivity contribution in [2.75, 3.05) is 18.0 Å². The van der Waals surface area contributed by atoms with E-state index in [0.717, 1.165) is 41.5 Å². The van der Waals surface area contributed by atoms with Crippen molar-refractivity contribution in [2.24, 2.45) is 0 Å². The van der Waals surface area contributed by atoms with E-state index in [1.54, 1.807) is 0 Å². The lowest BCUT2D eigenvalue weighted by molar-refractivity contribution is 0.112. The first-order valence-electron chi connectivity index (χ1n) is 5.88. The van der Waals surface area contributed by atoms with Crippen LogP contribution in [0.25, 0.3) is 0 Å². The summed E-state index contributed by atoms with van der Waals surface area (Å²) in [5.41, 5.74) is 0.962. The van der Waals surface area contributed by atoms with Crippen LogP contribution in [0.5, 0.6) is 0 Å². The Morgan fingerprint density at radius 2 is 2.00 bits per heavy atom. The molecule has 0 aliphatic carbocycles. The first kappa shape index (κ1) is 13.2. The molecule has 90 valence electrons. The number of hydrogen-bond acceptors (Lipinski definition) is 4. The van der Waals surface area contributed by atoms with Crippen LogP contribution in [0.4, 0.5) is 5.13 Å². The van der Waals surface area contributed by atoms with Gasteiger partial charge in [-0.1, -0.05) is 25.2 Å². The van der Waals surface area contributed by atoms with Crippen LogP contribution in [0.15, 0.2) is 0 Å². The fourth-order valence-electron chi connectivity index (χ4n) is 1.59. The van der Waals surface area contributed by atoms with E-state index in [2.05, 4.69) is 37.6 Å². The lowest BCUT2D eigenvalue weighted by atomic mass is 10.0. The summed E-state index contributed by atoms with van der Waals surface area (Å²) in [6.45, 7) is 10.3. The summed E-state index contributed by atoms with van der Waals surface area (Å²) in [5.74, 6) is 0.362. The van der Waals surface area contributed by atoms with Gasteiger partial charge in [0, 0.05) is 13.1 Å². The topological polar surface area (TPSA) is 33.2 Å². The summed E-state index contributed by atoms with van der Waals surface area (Å²) in [4.78, 5) is 18.6. The maximum Gasteiger partial charge on any atom is 0.186 e. The van der Waals surface area contributed by atoms with Gasteiger partial charge in [0.2, 0.25) is 0 Å². The fraction of sp³-hybridized carbons (Fsp3) is 0.667. The molecule has 1 unspecified atom stereocenters. The molecule has 0 saturated heterocycles. The molecule has 1 aromatic rings. The molecule has 3 nitrogen and oxygen atoms in total. The second kappa shape index (κ2) is 5.99. The number of carbonyl (C=O) groups is 1. The minimum Gasteiger partial charge on any atom is -0.349 e. The van der Waals surface area contributed by atoms with Gasteiger partial charge >= 0.3 is 0 Å². The largest absolute Gasteiger partial charge is 0.349 e. The fourth-order valence-corrected chi connectivity index (χ4v) is 2.72. The van der Waals surface area contributed by atoms with Crippen molar-refractivity contribution in [2.45, 2.75) is 40.0 Å². The van der Waals surface area contributed by atoms with Crippen LogP contribution < -0.4 is 4.90 Å². The van der Waals surface area contributed by atoms with Crippen molar-refractivity contribution < 1.29 is 4.79 Å². The summed E-state index contributed by atoms with van der Waals surface area (Å²) in [7, 11) is 0. The van der Waals surface area contributed by atoms with Gasteiger partial charge in [0.15, 0.2) is 11.4 Å². The Bertz CT molecular complexity index is 345. The highest BCUT2D eigenvalue weighted by molar-refractivity contribution is 7.17. The first-order valence-corrected chi connectivity index (χ1v) is 6.70. The number of thiazole rings is 1. The predicted octanol–water partition coefficient (Wildman–Crippen LogP) is 3.32. The van der Waals surface area contributed by atoms with E-state index in [4.69, 9.17) is 0 Å². The van der Waals surface area contributed by atoms with Crippen molar-refractivity contribution >= 4 is 22.8 Å². The molecule has 0 aliphatic rings. The molecule has 0 amide bonds. The highest BCUT2D eigenvalue weighted by atomic mass is 32.1. The standard InChI is InChI=1S/C12H20N2OS/c1-5-9(4)11-10(8-15)16-12(13-11)14(6-2)7-3/h8-9H,5-7H2,1-4H3. The molecule has 16 heavy (non-hydrogen) atoms. The molecule has 0 aromatic carbocycles. The quantitative estimate of drug-likeness (QED) is 0.715. The summed E-state index contributed by atoms with van der Waals surface area (Å²) in [6.07, 6.45) is 1.95. The highest BCUT2D eigenvalue weighted by Gasteiger charge is 2.17. The Morgan fingerprint density at radius 1 is 1.38 bits per heavy atom. The summed E-state index contributed by atoms with van der Waals surface area (Å²) < 4.78 is 0. The Morgan fingerprint density at radius 3 is 2.44 bits per heavy atom. The third-order valence-corrected chi connectivity index (χ3v) is 3.95. The number of anilines is 1. The van der Waals surface area contributed by atoms with E-state index >= 15 is 0 Å². The zero-order valence-electron chi connectivity index (χ0n) is 10.5. The van der Waals surface area contributed by atoms with E-state index < -0.39 is 0 Å². The van der Waals surface area contributed by atoms with Crippen molar-refractivity contribution in [3.63, 3.8) is 0 Å². The number of aldehydes is 1. The van der Waals surface area contributed by atoms with Crippen molar-refractivity contribution in [3.8, 4) is 0 Å². The van der Waals surface area contributed by atoms with Crippen LogP contribution in [0.1, 0.15) is 55.4 Å². The lowest BCUT2D eigenvalue weighted by Gasteiger charge is -2.16. The average Bonchev–Trinajstić information content (AvgIpc) is 2.73. The van der Waals surface area contributed by atoms with E-state index in [1.165, 1.54) is 11.3 Å². The Labute approximate surface area is 101 Å². The van der Waals surface area contributed by atoms with E-state index in [-0.39, 0.29) is 0 Å². The monoisotopic (exact) mass is 240 g/mol. The molecule has 0 fully saturated rings. The summed E-state index contributed by atoms with van der Waals surface area (Å²) >= 11 is 1.51. The zero-order valence-corrected chi connectivity index (χ0v) is 11.3. The van der Waals surface area contributed by atoms with Crippen LogP contribution in [0, 0.1) is 0 Å². The second-order valence-electron chi connectivity index (χ2n) is 3.85. The Balaban J connectivity index is 3.06.